The van der Waals surface area contributed by atoms with Crippen molar-refractivity contribution in [3.8, 4) is 12.3 Å². The molecule has 0 radical (unpaired) electrons. The number of hydrogen-bond acceptors (Lipinski definition) is 2. The Bertz CT molecular complexity index is 413. The number of terminal acetylenes is 1. The quantitative estimate of drug-likeness (QED) is 0.861. The molecule has 0 saturated carbocycles. The minimum atomic E-state index is -0.295. The average molecular weight is 284 g/mol. The Labute approximate surface area is 106 Å². The Kier molecular flexibility index (Phi) is 4.17. The highest BCUT2D eigenvalue weighted by molar-refractivity contribution is 9.10. The molecular weight excluding hydrogens is 266 g/mol. The van der Waals surface area contributed by atoms with Crippen LogP contribution in [0.5, 0.6) is 0 Å². The standard InChI is InChI=1S/C12H18BrN3/c1-6-12(4,5)14-8-10-11(13)9(3)15-16(10)7-2/h1,14H,7-8H2,2-5H3. The molecule has 0 fully saturated rings. The first-order valence-electron chi connectivity index (χ1n) is 5.36. The second-order valence-electron chi connectivity index (χ2n) is 4.28. The number of halogens is 1. The Morgan fingerprint density at radius 3 is 2.69 bits per heavy atom. The van der Waals surface area contributed by atoms with E-state index >= 15 is 0 Å². The number of aryl methyl sites for hydroxylation is 2. The molecule has 1 heterocycles. The van der Waals surface area contributed by atoms with Crippen LogP contribution in [0.3, 0.4) is 0 Å². The van der Waals surface area contributed by atoms with Crippen molar-refractivity contribution >= 4 is 15.9 Å². The lowest BCUT2D eigenvalue weighted by atomic mass is 10.1. The van der Waals surface area contributed by atoms with Crippen molar-refractivity contribution in [3.63, 3.8) is 0 Å². The van der Waals surface area contributed by atoms with E-state index in [9.17, 15) is 0 Å². The van der Waals surface area contributed by atoms with Gasteiger partial charge in [-0.25, -0.2) is 0 Å². The maximum Gasteiger partial charge on any atom is 0.0744 e. The zero-order valence-corrected chi connectivity index (χ0v) is 11.8. The van der Waals surface area contributed by atoms with Crippen molar-refractivity contribution in [2.45, 2.75) is 46.3 Å². The van der Waals surface area contributed by atoms with E-state index in [-0.39, 0.29) is 5.54 Å². The molecular formula is C12H18BrN3. The molecule has 0 unspecified atom stereocenters. The number of hydrogen-bond donors (Lipinski definition) is 1. The predicted molar refractivity (Wildman–Crippen MR) is 70.1 cm³/mol. The molecule has 0 aliphatic rings. The summed E-state index contributed by atoms with van der Waals surface area (Å²) in [5, 5.41) is 7.76. The highest BCUT2D eigenvalue weighted by atomic mass is 79.9. The van der Waals surface area contributed by atoms with Crippen molar-refractivity contribution in [1.29, 1.82) is 0 Å². The van der Waals surface area contributed by atoms with Gasteiger partial charge in [0.25, 0.3) is 0 Å². The first kappa shape index (κ1) is 13.3. The number of aromatic nitrogens is 2. The maximum absolute atomic E-state index is 5.44. The van der Waals surface area contributed by atoms with Crippen LogP contribution < -0.4 is 5.32 Å². The third kappa shape index (κ3) is 2.87. The van der Waals surface area contributed by atoms with Gasteiger partial charge in [-0.1, -0.05) is 5.92 Å². The fourth-order valence-corrected chi connectivity index (χ4v) is 1.82. The van der Waals surface area contributed by atoms with Gasteiger partial charge < -0.3 is 0 Å². The normalized spacial score (nSPS) is 11.5. The minimum Gasteiger partial charge on any atom is -0.296 e. The molecule has 3 nitrogen and oxygen atoms in total. The summed E-state index contributed by atoms with van der Waals surface area (Å²) in [7, 11) is 0. The lowest BCUT2D eigenvalue weighted by Gasteiger charge is -2.20. The van der Waals surface area contributed by atoms with Crippen LogP contribution >= 0.6 is 15.9 Å². The number of rotatable bonds is 4. The highest BCUT2D eigenvalue weighted by Crippen LogP contribution is 2.21. The lowest BCUT2D eigenvalue weighted by Crippen LogP contribution is -2.37. The monoisotopic (exact) mass is 283 g/mol. The van der Waals surface area contributed by atoms with E-state index in [1.54, 1.807) is 0 Å². The predicted octanol–water partition coefficient (Wildman–Crippen LogP) is 2.48. The SMILES string of the molecule is C#CC(C)(C)NCc1c(Br)c(C)nn1CC. The molecule has 0 aliphatic heterocycles. The maximum atomic E-state index is 5.44. The molecule has 1 aromatic rings. The zero-order chi connectivity index (χ0) is 12.3. The lowest BCUT2D eigenvalue weighted by molar-refractivity contribution is 0.470. The van der Waals surface area contributed by atoms with Crippen molar-refractivity contribution in [3.05, 3.63) is 15.9 Å². The summed E-state index contributed by atoms with van der Waals surface area (Å²) in [6.07, 6.45) is 5.44. The van der Waals surface area contributed by atoms with Crippen LogP contribution in [0.25, 0.3) is 0 Å². The van der Waals surface area contributed by atoms with Gasteiger partial charge in [-0.05, 0) is 43.6 Å². The van der Waals surface area contributed by atoms with Crippen LogP contribution in [0.2, 0.25) is 0 Å². The van der Waals surface area contributed by atoms with E-state index in [0.717, 1.165) is 22.4 Å². The topological polar surface area (TPSA) is 29.9 Å². The fourth-order valence-electron chi connectivity index (χ4n) is 1.39. The van der Waals surface area contributed by atoms with Crippen molar-refractivity contribution in [1.82, 2.24) is 15.1 Å². The highest BCUT2D eigenvalue weighted by Gasteiger charge is 2.17. The Morgan fingerprint density at radius 1 is 1.56 bits per heavy atom. The molecule has 88 valence electrons. The Balaban J connectivity index is 2.86. The number of nitrogens with zero attached hydrogens (tertiary/aromatic N) is 2. The number of nitrogens with one attached hydrogen (secondary N) is 1. The van der Waals surface area contributed by atoms with Gasteiger partial charge in [0.15, 0.2) is 0 Å². The molecule has 0 spiro atoms. The van der Waals surface area contributed by atoms with Gasteiger partial charge in [-0.3, -0.25) is 10.00 Å². The van der Waals surface area contributed by atoms with Crippen LogP contribution in [0.4, 0.5) is 0 Å². The van der Waals surface area contributed by atoms with Gasteiger partial charge in [0.2, 0.25) is 0 Å². The van der Waals surface area contributed by atoms with Gasteiger partial charge in [0.05, 0.1) is 21.4 Å². The van der Waals surface area contributed by atoms with Crippen molar-refractivity contribution < 1.29 is 0 Å². The first-order valence-corrected chi connectivity index (χ1v) is 6.15. The molecule has 4 heteroatoms. The van der Waals surface area contributed by atoms with Crippen molar-refractivity contribution in [2.75, 3.05) is 0 Å². The summed E-state index contributed by atoms with van der Waals surface area (Å²) in [6.45, 7) is 9.62. The smallest absolute Gasteiger partial charge is 0.0744 e. The Morgan fingerprint density at radius 2 is 2.19 bits per heavy atom. The minimum absolute atomic E-state index is 0.295. The second-order valence-corrected chi connectivity index (χ2v) is 5.08. The second kappa shape index (κ2) is 5.03. The third-order valence-corrected chi connectivity index (χ3v) is 3.54. The van der Waals surface area contributed by atoms with E-state index in [2.05, 4.69) is 39.2 Å². The summed E-state index contributed by atoms with van der Waals surface area (Å²) < 4.78 is 3.05. The van der Waals surface area contributed by atoms with Gasteiger partial charge in [0, 0.05) is 13.1 Å². The third-order valence-electron chi connectivity index (χ3n) is 2.51. The zero-order valence-electron chi connectivity index (χ0n) is 10.3. The molecule has 1 rings (SSSR count). The van der Waals surface area contributed by atoms with Crippen LogP contribution in [-0.2, 0) is 13.1 Å². The van der Waals surface area contributed by atoms with E-state index in [1.165, 1.54) is 0 Å². The van der Waals surface area contributed by atoms with E-state index in [0.29, 0.717) is 6.54 Å². The van der Waals surface area contributed by atoms with Crippen LogP contribution in [0.15, 0.2) is 4.47 Å². The molecule has 0 saturated heterocycles. The summed E-state index contributed by atoms with van der Waals surface area (Å²) in [5.74, 6) is 2.72. The average Bonchev–Trinajstić information content (AvgIpc) is 2.52. The molecule has 1 N–H and O–H groups in total. The van der Waals surface area contributed by atoms with E-state index in [4.69, 9.17) is 6.42 Å². The molecule has 0 aliphatic carbocycles. The molecule has 0 atom stereocenters. The van der Waals surface area contributed by atoms with Crippen LogP contribution in [-0.4, -0.2) is 15.3 Å². The fraction of sp³-hybridized carbons (Fsp3) is 0.583. The molecule has 0 aromatic carbocycles. The van der Waals surface area contributed by atoms with Gasteiger partial charge in [-0.2, -0.15) is 5.10 Å². The Hall–Kier alpha value is -0.790. The summed E-state index contributed by atoms with van der Waals surface area (Å²) in [6, 6.07) is 0. The van der Waals surface area contributed by atoms with Gasteiger partial charge in [0.1, 0.15) is 0 Å². The van der Waals surface area contributed by atoms with Gasteiger partial charge >= 0.3 is 0 Å². The van der Waals surface area contributed by atoms with Crippen molar-refractivity contribution in [2.24, 2.45) is 0 Å². The van der Waals surface area contributed by atoms with Crippen LogP contribution in [0, 0.1) is 19.3 Å². The van der Waals surface area contributed by atoms with E-state index < -0.39 is 0 Å². The molecule has 1 aromatic heterocycles. The first-order chi connectivity index (χ1) is 7.41. The molecule has 0 amide bonds. The van der Waals surface area contributed by atoms with Crippen LogP contribution in [0.1, 0.15) is 32.2 Å². The largest absolute Gasteiger partial charge is 0.296 e. The summed E-state index contributed by atoms with van der Waals surface area (Å²) >= 11 is 3.56. The molecule has 16 heavy (non-hydrogen) atoms. The molecule has 0 bridgehead atoms. The van der Waals surface area contributed by atoms with Gasteiger partial charge in [-0.15, -0.1) is 6.42 Å². The van der Waals surface area contributed by atoms with E-state index in [1.807, 2.05) is 25.5 Å². The summed E-state index contributed by atoms with van der Waals surface area (Å²) in [4.78, 5) is 0. The summed E-state index contributed by atoms with van der Waals surface area (Å²) in [5.41, 5.74) is 1.86.